The Kier molecular flexibility index (Phi) is 3.11. The van der Waals surface area contributed by atoms with Crippen LogP contribution in [0, 0.1) is 5.82 Å². The van der Waals surface area contributed by atoms with E-state index >= 15 is 0 Å². The fourth-order valence-corrected chi connectivity index (χ4v) is 2.31. The highest BCUT2D eigenvalue weighted by atomic mass is 19.1. The Hall–Kier alpha value is -1.68. The minimum Gasteiger partial charge on any atom is -0.356 e. The molecule has 0 amide bonds. The number of rotatable bonds is 2. The van der Waals surface area contributed by atoms with Crippen LogP contribution in [0.2, 0.25) is 0 Å². The molecule has 0 aliphatic carbocycles. The van der Waals surface area contributed by atoms with Crippen LogP contribution in [-0.2, 0) is 4.74 Å². The summed E-state index contributed by atoms with van der Waals surface area (Å²) in [5, 5.41) is 4.34. The first-order valence-corrected chi connectivity index (χ1v) is 6.25. The van der Waals surface area contributed by atoms with E-state index in [1.54, 1.807) is 18.3 Å². The first-order chi connectivity index (χ1) is 8.84. The third kappa shape index (κ3) is 2.16. The summed E-state index contributed by atoms with van der Waals surface area (Å²) in [6.07, 6.45) is 5.03. The fraction of sp³-hybridized carbons (Fsp3) is 0.357. The van der Waals surface area contributed by atoms with E-state index in [2.05, 4.69) is 5.10 Å². The Labute approximate surface area is 105 Å². The lowest BCUT2D eigenvalue weighted by atomic mass is 10.1. The van der Waals surface area contributed by atoms with Crippen molar-refractivity contribution in [3.63, 3.8) is 0 Å². The minimum atomic E-state index is -0.223. The van der Waals surface area contributed by atoms with E-state index in [1.807, 2.05) is 10.7 Å². The maximum Gasteiger partial charge on any atom is 0.150 e. The molecule has 1 aromatic heterocycles. The molecule has 3 rings (SSSR count). The molecule has 1 atom stereocenters. The van der Waals surface area contributed by atoms with E-state index in [4.69, 9.17) is 4.74 Å². The third-order valence-electron chi connectivity index (χ3n) is 3.24. The summed E-state index contributed by atoms with van der Waals surface area (Å²) < 4.78 is 20.6. The van der Waals surface area contributed by atoms with Crippen LogP contribution in [0.1, 0.15) is 25.5 Å². The molecular weight excluding hydrogens is 231 g/mol. The van der Waals surface area contributed by atoms with Crippen molar-refractivity contribution < 1.29 is 9.13 Å². The van der Waals surface area contributed by atoms with Crippen LogP contribution in [0.15, 0.2) is 36.5 Å². The molecule has 3 nitrogen and oxygen atoms in total. The van der Waals surface area contributed by atoms with Crippen molar-refractivity contribution >= 4 is 0 Å². The predicted molar refractivity (Wildman–Crippen MR) is 66.5 cm³/mol. The second kappa shape index (κ2) is 4.90. The van der Waals surface area contributed by atoms with Crippen LogP contribution in [0.4, 0.5) is 4.39 Å². The number of hydrogen-bond donors (Lipinski definition) is 0. The molecule has 18 heavy (non-hydrogen) atoms. The van der Waals surface area contributed by atoms with Crippen LogP contribution in [0.5, 0.6) is 0 Å². The summed E-state index contributed by atoms with van der Waals surface area (Å²) in [5.74, 6) is -0.223. The zero-order chi connectivity index (χ0) is 12.4. The van der Waals surface area contributed by atoms with Gasteiger partial charge in [-0.1, -0.05) is 0 Å². The number of aromatic nitrogens is 2. The predicted octanol–water partition coefficient (Wildman–Crippen LogP) is 3.39. The Morgan fingerprint density at radius 3 is 2.72 bits per heavy atom. The maximum atomic E-state index is 12.9. The van der Waals surface area contributed by atoms with Crippen LogP contribution >= 0.6 is 0 Å². The summed E-state index contributed by atoms with van der Waals surface area (Å²) in [4.78, 5) is 0. The first kappa shape index (κ1) is 11.4. The zero-order valence-electron chi connectivity index (χ0n) is 10.1. The quantitative estimate of drug-likeness (QED) is 0.812. The van der Waals surface area contributed by atoms with Gasteiger partial charge in [-0.25, -0.2) is 9.07 Å². The van der Waals surface area contributed by atoms with Gasteiger partial charge in [0, 0.05) is 18.4 Å². The van der Waals surface area contributed by atoms with Gasteiger partial charge in [0.05, 0.1) is 5.69 Å². The molecule has 94 valence electrons. The highest BCUT2D eigenvalue weighted by Gasteiger charge is 2.19. The van der Waals surface area contributed by atoms with Crippen molar-refractivity contribution in [2.45, 2.75) is 25.5 Å². The molecule has 1 aromatic carbocycles. The van der Waals surface area contributed by atoms with Gasteiger partial charge >= 0.3 is 0 Å². The van der Waals surface area contributed by atoms with Crippen LogP contribution in [-0.4, -0.2) is 16.4 Å². The van der Waals surface area contributed by atoms with Crippen molar-refractivity contribution in [3.05, 3.63) is 42.3 Å². The van der Waals surface area contributed by atoms with Crippen molar-refractivity contribution in [1.29, 1.82) is 0 Å². The van der Waals surface area contributed by atoms with Crippen molar-refractivity contribution in [3.8, 4) is 11.3 Å². The molecule has 0 saturated carbocycles. The molecule has 4 heteroatoms. The molecule has 1 aliphatic rings. The summed E-state index contributed by atoms with van der Waals surface area (Å²) >= 11 is 0. The largest absolute Gasteiger partial charge is 0.356 e. The molecule has 2 aromatic rings. The number of hydrogen-bond acceptors (Lipinski definition) is 2. The van der Waals surface area contributed by atoms with Crippen LogP contribution < -0.4 is 0 Å². The van der Waals surface area contributed by atoms with Gasteiger partial charge in [0.25, 0.3) is 0 Å². The SMILES string of the molecule is Fc1ccc(-c2ccnn2C2CCCCO2)cc1. The number of halogens is 1. The second-order valence-electron chi connectivity index (χ2n) is 4.49. The lowest BCUT2D eigenvalue weighted by Crippen LogP contribution is -2.19. The van der Waals surface area contributed by atoms with E-state index in [9.17, 15) is 4.39 Å². The molecule has 0 spiro atoms. The molecule has 1 fully saturated rings. The highest BCUT2D eigenvalue weighted by molar-refractivity contribution is 5.59. The monoisotopic (exact) mass is 246 g/mol. The zero-order valence-corrected chi connectivity index (χ0v) is 10.1. The van der Waals surface area contributed by atoms with Gasteiger partial charge in [-0.05, 0) is 49.6 Å². The Balaban J connectivity index is 1.93. The molecule has 0 N–H and O–H groups in total. The third-order valence-corrected chi connectivity index (χ3v) is 3.24. The normalized spacial score (nSPS) is 19.9. The molecule has 1 unspecified atom stereocenters. The van der Waals surface area contributed by atoms with Gasteiger partial charge in [0.2, 0.25) is 0 Å². The van der Waals surface area contributed by atoms with Gasteiger partial charge < -0.3 is 4.74 Å². The summed E-state index contributed by atoms with van der Waals surface area (Å²) in [6.45, 7) is 0.785. The molecule has 1 saturated heterocycles. The average Bonchev–Trinajstić information content (AvgIpc) is 2.90. The van der Waals surface area contributed by atoms with Gasteiger partial charge in [-0.15, -0.1) is 0 Å². The summed E-state index contributed by atoms with van der Waals surface area (Å²) in [5.41, 5.74) is 1.94. The number of benzene rings is 1. The molecule has 0 bridgehead atoms. The van der Waals surface area contributed by atoms with Crippen LogP contribution in [0.3, 0.4) is 0 Å². The number of nitrogens with zero attached hydrogens (tertiary/aromatic N) is 2. The van der Waals surface area contributed by atoms with Gasteiger partial charge in [0.15, 0.2) is 6.23 Å². The lowest BCUT2D eigenvalue weighted by molar-refractivity contribution is -0.0383. The van der Waals surface area contributed by atoms with Crippen molar-refractivity contribution in [1.82, 2.24) is 9.78 Å². The smallest absolute Gasteiger partial charge is 0.150 e. The second-order valence-corrected chi connectivity index (χ2v) is 4.49. The van der Waals surface area contributed by atoms with Crippen molar-refractivity contribution in [2.24, 2.45) is 0 Å². The van der Waals surface area contributed by atoms with E-state index in [0.717, 1.165) is 37.1 Å². The highest BCUT2D eigenvalue weighted by Crippen LogP contribution is 2.28. The number of ether oxygens (including phenoxy) is 1. The van der Waals surface area contributed by atoms with E-state index < -0.39 is 0 Å². The topological polar surface area (TPSA) is 27.1 Å². The van der Waals surface area contributed by atoms with E-state index in [0.29, 0.717) is 0 Å². The molecular formula is C14H15FN2O. The first-order valence-electron chi connectivity index (χ1n) is 6.25. The van der Waals surface area contributed by atoms with Gasteiger partial charge in [-0.2, -0.15) is 5.10 Å². The summed E-state index contributed by atoms with van der Waals surface area (Å²) in [6, 6.07) is 8.41. The van der Waals surface area contributed by atoms with E-state index in [-0.39, 0.29) is 12.0 Å². The summed E-state index contributed by atoms with van der Waals surface area (Å²) in [7, 11) is 0. The minimum absolute atomic E-state index is 0.00815. The Morgan fingerprint density at radius 2 is 2.00 bits per heavy atom. The average molecular weight is 246 g/mol. The Bertz CT molecular complexity index is 515. The van der Waals surface area contributed by atoms with Gasteiger partial charge in [0.1, 0.15) is 5.82 Å². The molecule has 2 heterocycles. The van der Waals surface area contributed by atoms with Gasteiger partial charge in [-0.3, -0.25) is 0 Å². The van der Waals surface area contributed by atoms with Crippen LogP contribution in [0.25, 0.3) is 11.3 Å². The van der Waals surface area contributed by atoms with Crippen molar-refractivity contribution in [2.75, 3.05) is 6.61 Å². The maximum absolute atomic E-state index is 12.9. The van der Waals surface area contributed by atoms with E-state index in [1.165, 1.54) is 12.1 Å². The molecule has 1 aliphatic heterocycles. The standard InChI is InChI=1S/C14H15FN2O/c15-12-6-4-11(5-7-12)13-8-9-16-17(13)14-3-1-2-10-18-14/h4-9,14H,1-3,10H2. The fourth-order valence-electron chi connectivity index (χ4n) is 2.31. The Morgan fingerprint density at radius 1 is 1.17 bits per heavy atom. The lowest BCUT2D eigenvalue weighted by Gasteiger charge is -2.24. The molecule has 0 radical (unpaired) electrons.